The average Bonchev–Trinajstić information content (AvgIpc) is 2.63. The van der Waals surface area contributed by atoms with Crippen LogP contribution in [0.2, 0.25) is 0 Å². The Morgan fingerprint density at radius 2 is 1.28 bits per heavy atom. The van der Waals surface area contributed by atoms with Crippen LogP contribution in [0, 0.1) is 0 Å². The molecule has 0 fully saturated rings. The minimum absolute atomic E-state index is 0.00892. The Morgan fingerprint density at radius 3 is 1.64 bits per heavy atom. The predicted octanol–water partition coefficient (Wildman–Crippen LogP) is 6.89. The first-order valence-corrected chi connectivity index (χ1v) is 7.99. The van der Waals surface area contributed by atoms with Gasteiger partial charge in [-0.1, -0.05) is 74.2 Å². The zero-order valence-corrected chi connectivity index (χ0v) is 14.0. The summed E-state index contributed by atoms with van der Waals surface area (Å²) < 4.78 is 57.9. The van der Waals surface area contributed by atoms with E-state index in [9.17, 15) is 17.6 Å². The van der Waals surface area contributed by atoms with Crippen molar-refractivity contribution in [2.45, 2.75) is 31.1 Å². The molecule has 0 saturated carbocycles. The summed E-state index contributed by atoms with van der Waals surface area (Å²) >= 11 is 0. The van der Waals surface area contributed by atoms with Crippen molar-refractivity contribution in [2.24, 2.45) is 0 Å². The van der Waals surface area contributed by atoms with Gasteiger partial charge in [-0.3, -0.25) is 0 Å². The van der Waals surface area contributed by atoms with Crippen molar-refractivity contribution in [2.75, 3.05) is 0 Å². The van der Waals surface area contributed by atoms with E-state index in [-0.39, 0.29) is 5.92 Å². The molecule has 0 aliphatic heterocycles. The SMILES string of the molecule is C=Cc1ccc(C(F)(F)C(F)(F)c2ccc(C(C=C)CC)cc2)cc1. The van der Waals surface area contributed by atoms with Crippen molar-refractivity contribution >= 4 is 6.08 Å². The van der Waals surface area contributed by atoms with E-state index in [0.717, 1.165) is 36.2 Å². The Hall–Kier alpha value is -2.36. The largest absolute Gasteiger partial charge is 0.339 e. The Kier molecular flexibility index (Phi) is 5.51. The highest BCUT2D eigenvalue weighted by Crippen LogP contribution is 2.49. The lowest BCUT2D eigenvalue weighted by Gasteiger charge is -2.27. The minimum atomic E-state index is -4.32. The van der Waals surface area contributed by atoms with Crippen molar-refractivity contribution in [3.05, 3.63) is 90.0 Å². The second-order valence-corrected chi connectivity index (χ2v) is 5.85. The average molecular weight is 348 g/mol. The lowest BCUT2D eigenvalue weighted by atomic mass is 9.91. The van der Waals surface area contributed by atoms with Crippen LogP contribution in [0.4, 0.5) is 17.6 Å². The fraction of sp³-hybridized carbons (Fsp3) is 0.238. The van der Waals surface area contributed by atoms with E-state index >= 15 is 0 Å². The van der Waals surface area contributed by atoms with Gasteiger partial charge in [-0.05, 0) is 17.5 Å². The molecule has 2 aromatic rings. The van der Waals surface area contributed by atoms with Gasteiger partial charge in [-0.2, -0.15) is 17.6 Å². The van der Waals surface area contributed by atoms with Crippen LogP contribution in [0.25, 0.3) is 6.08 Å². The summed E-state index contributed by atoms with van der Waals surface area (Å²) in [7, 11) is 0. The quantitative estimate of drug-likeness (QED) is 0.377. The summed E-state index contributed by atoms with van der Waals surface area (Å²) in [4.78, 5) is 0. The van der Waals surface area contributed by atoms with E-state index < -0.39 is 23.0 Å². The standard InChI is InChI=1S/C21H20F4/c1-4-15-7-11-18(12-8-15)20(22,23)21(24,25)19-13-9-17(10-14-19)16(5-2)6-3/h4-5,7-14,16H,1-2,6H2,3H3. The third-order valence-corrected chi connectivity index (χ3v) is 4.33. The van der Waals surface area contributed by atoms with Crippen LogP contribution in [-0.4, -0.2) is 0 Å². The predicted molar refractivity (Wildman–Crippen MR) is 94.0 cm³/mol. The number of hydrogen-bond acceptors (Lipinski definition) is 0. The Morgan fingerprint density at radius 1 is 0.840 bits per heavy atom. The monoisotopic (exact) mass is 348 g/mol. The fourth-order valence-electron chi connectivity index (χ4n) is 2.67. The molecule has 0 radical (unpaired) electrons. The Bertz CT molecular complexity index is 727. The van der Waals surface area contributed by atoms with Gasteiger partial charge in [0.2, 0.25) is 0 Å². The van der Waals surface area contributed by atoms with Crippen LogP contribution < -0.4 is 0 Å². The van der Waals surface area contributed by atoms with Crippen LogP contribution in [0.15, 0.2) is 67.8 Å². The Balaban J connectivity index is 2.37. The van der Waals surface area contributed by atoms with E-state index in [0.29, 0.717) is 5.56 Å². The molecule has 132 valence electrons. The fourth-order valence-corrected chi connectivity index (χ4v) is 2.67. The number of allylic oxidation sites excluding steroid dienone is 1. The molecule has 0 heterocycles. The molecule has 0 aromatic heterocycles. The molecule has 0 amide bonds. The summed E-state index contributed by atoms with van der Waals surface area (Å²) in [6.45, 7) is 9.15. The topological polar surface area (TPSA) is 0 Å². The minimum Gasteiger partial charge on any atom is -0.194 e. The van der Waals surface area contributed by atoms with Crippen molar-refractivity contribution in [3.63, 3.8) is 0 Å². The lowest BCUT2D eigenvalue weighted by Crippen LogP contribution is -2.35. The molecule has 0 nitrogen and oxygen atoms in total. The highest BCUT2D eigenvalue weighted by Gasteiger charge is 2.58. The number of halogens is 4. The molecular weight excluding hydrogens is 328 g/mol. The second kappa shape index (κ2) is 7.26. The van der Waals surface area contributed by atoms with Gasteiger partial charge in [0, 0.05) is 17.0 Å². The summed E-state index contributed by atoms with van der Waals surface area (Å²) in [5, 5.41) is 0. The summed E-state index contributed by atoms with van der Waals surface area (Å²) in [6.07, 6.45) is 3.93. The first kappa shape index (κ1) is 19.0. The third-order valence-electron chi connectivity index (χ3n) is 4.33. The van der Waals surface area contributed by atoms with E-state index in [4.69, 9.17) is 0 Å². The zero-order valence-electron chi connectivity index (χ0n) is 14.0. The first-order chi connectivity index (χ1) is 11.8. The van der Waals surface area contributed by atoms with Crippen LogP contribution >= 0.6 is 0 Å². The molecule has 2 aromatic carbocycles. The smallest absolute Gasteiger partial charge is 0.194 e. The normalized spacial score (nSPS) is 13.3. The van der Waals surface area contributed by atoms with Crippen molar-refractivity contribution in [3.8, 4) is 0 Å². The molecule has 1 atom stereocenters. The number of alkyl halides is 4. The molecule has 0 aliphatic rings. The van der Waals surface area contributed by atoms with Crippen molar-refractivity contribution in [1.29, 1.82) is 0 Å². The molecule has 1 unspecified atom stereocenters. The number of hydrogen-bond donors (Lipinski definition) is 0. The molecular formula is C21H20F4. The van der Waals surface area contributed by atoms with Crippen molar-refractivity contribution < 1.29 is 17.6 Å². The summed E-state index contributed by atoms with van der Waals surface area (Å²) in [5.41, 5.74) is -0.0874. The molecule has 0 spiro atoms. The molecule has 25 heavy (non-hydrogen) atoms. The number of rotatable bonds is 7. The Labute approximate surface area is 145 Å². The molecule has 2 rings (SSSR count). The van der Waals surface area contributed by atoms with E-state index in [1.54, 1.807) is 6.08 Å². The highest BCUT2D eigenvalue weighted by molar-refractivity contribution is 5.48. The van der Waals surface area contributed by atoms with Crippen LogP contribution in [0.5, 0.6) is 0 Å². The molecule has 0 saturated heterocycles. The van der Waals surface area contributed by atoms with E-state index in [2.05, 4.69) is 13.2 Å². The van der Waals surface area contributed by atoms with Gasteiger partial charge in [0.05, 0.1) is 0 Å². The van der Waals surface area contributed by atoms with E-state index in [1.165, 1.54) is 30.3 Å². The maximum absolute atomic E-state index is 14.5. The van der Waals surface area contributed by atoms with E-state index in [1.807, 2.05) is 6.92 Å². The maximum Gasteiger partial charge on any atom is 0.339 e. The van der Waals surface area contributed by atoms with Gasteiger partial charge in [-0.15, -0.1) is 6.58 Å². The first-order valence-electron chi connectivity index (χ1n) is 7.99. The van der Waals surface area contributed by atoms with Crippen LogP contribution in [0.1, 0.15) is 41.5 Å². The molecule has 0 aliphatic carbocycles. The van der Waals surface area contributed by atoms with Crippen molar-refractivity contribution in [1.82, 2.24) is 0 Å². The third kappa shape index (κ3) is 3.53. The number of benzene rings is 2. The van der Waals surface area contributed by atoms with Gasteiger partial charge in [0.25, 0.3) is 0 Å². The molecule has 0 bridgehead atoms. The summed E-state index contributed by atoms with van der Waals surface area (Å²) in [5.74, 6) is -8.64. The second-order valence-electron chi connectivity index (χ2n) is 5.85. The van der Waals surface area contributed by atoms with Gasteiger partial charge in [0.15, 0.2) is 0 Å². The summed E-state index contributed by atoms with van der Waals surface area (Å²) in [6, 6.07) is 9.72. The van der Waals surface area contributed by atoms with Gasteiger partial charge in [0.1, 0.15) is 0 Å². The zero-order chi connectivity index (χ0) is 18.7. The van der Waals surface area contributed by atoms with Crippen LogP contribution in [-0.2, 0) is 11.8 Å². The maximum atomic E-state index is 14.5. The highest BCUT2D eigenvalue weighted by atomic mass is 19.3. The van der Waals surface area contributed by atoms with Gasteiger partial charge in [-0.25, -0.2) is 0 Å². The van der Waals surface area contributed by atoms with Gasteiger partial charge < -0.3 is 0 Å². The molecule has 4 heteroatoms. The molecule has 0 N–H and O–H groups in total. The van der Waals surface area contributed by atoms with Gasteiger partial charge >= 0.3 is 11.8 Å². The van der Waals surface area contributed by atoms with Crippen LogP contribution in [0.3, 0.4) is 0 Å². The lowest BCUT2D eigenvalue weighted by molar-refractivity contribution is -0.223.